The van der Waals surface area contributed by atoms with Crippen molar-refractivity contribution in [2.75, 3.05) is 0 Å². The second-order valence-electron chi connectivity index (χ2n) is 12.2. The van der Waals surface area contributed by atoms with Gasteiger partial charge in [0.25, 0.3) is 0 Å². The van der Waals surface area contributed by atoms with E-state index in [4.69, 9.17) is 4.98 Å². The Morgan fingerprint density at radius 3 is 1.85 bits per heavy atom. The number of hydrogen-bond donors (Lipinski definition) is 0. The number of aromatic nitrogens is 1. The fourth-order valence-electron chi connectivity index (χ4n) is 7.69. The molecule has 1 heterocycles. The first kappa shape index (κ1) is 27.0. The van der Waals surface area contributed by atoms with Crippen molar-refractivity contribution < 1.29 is 0 Å². The maximum atomic E-state index is 9.31. The van der Waals surface area contributed by atoms with Crippen LogP contribution in [0.1, 0.15) is 27.8 Å². The number of pyridine rings is 1. The number of hydrogen-bond acceptors (Lipinski definition) is 2. The molecule has 47 heavy (non-hydrogen) atoms. The number of benzene rings is 7. The van der Waals surface area contributed by atoms with Crippen LogP contribution in [0.25, 0.3) is 55.2 Å². The van der Waals surface area contributed by atoms with Crippen molar-refractivity contribution in [1.82, 2.24) is 4.98 Å². The van der Waals surface area contributed by atoms with Gasteiger partial charge in [-0.15, -0.1) is 0 Å². The second-order valence-corrected chi connectivity index (χ2v) is 12.2. The summed E-state index contributed by atoms with van der Waals surface area (Å²) >= 11 is 0. The highest BCUT2D eigenvalue weighted by molar-refractivity contribution is 6.13. The van der Waals surface area contributed by atoms with Crippen molar-refractivity contribution in [3.05, 3.63) is 198 Å². The molecule has 0 unspecified atom stereocenters. The first-order chi connectivity index (χ1) is 23.3. The summed E-state index contributed by atoms with van der Waals surface area (Å²) in [6.07, 6.45) is 0. The zero-order valence-corrected chi connectivity index (χ0v) is 25.6. The van der Waals surface area contributed by atoms with E-state index in [1.807, 2.05) is 24.3 Å². The minimum Gasteiger partial charge on any atom is -0.247 e. The quantitative estimate of drug-likeness (QED) is 0.190. The summed E-state index contributed by atoms with van der Waals surface area (Å²) in [5, 5.41) is 12.8. The van der Waals surface area contributed by atoms with Crippen molar-refractivity contribution in [1.29, 1.82) is 5.26 Å². The van der Waals surface area contributed by atoms with Crippen LogP contribution in [0.4, 0.5) is 0 Å². The molecule has 0 bridgehead atoms. The lowest BCUT2D eigenvalue weighted by atomic mass is 9.67. The van der Waals surface area contributed by atoms with Gasteiger partial charge in [-0.25, -0.2) is 4.98 Å². The molecule has 0 aliphatic heterocycles. The largest absolute Gasteiger partial charge is 0.247 e. The van der Waals surface area contributed by atoms with Gasteiger partial charge in [0, 0.05) is 16.3 Å². The van der Waals surface area contributed by atoms with Crippen LogP contribution in [0.5, 0.6) is 0 Å². The van der Waals surface area contributed by atoms with E-state index in [0.29, 0.717) is 5.56 Å². The van der Waals surface area contributed by atoms with Crippen molar-refractivity contribution in [2.24, 2.45) is 0 Å². The molecule has 7 aromatic carbocycles. The molecular formula is C45H28N2. The highest BCUT2D eigenvalue weighted by Gasteiger charge is 2.46. The minimum atomic E-state index is -0.470. The second kappa shape index (κ2) is 10.7. The smallest absolute Gasteiger partial charge is 0.0991 e. The molecular weight excluding hydrogens is 569 g/mol. The van der Waals surface area contributed by atoms with Gasteiger partial charge in [-0.1, -0.05) is 133 Å². The summed E-state index contributed by atoms with van der Waals surface area (Å²) < 4.78 is 0. The first-order valence-electron chi connectivity index (χ1n) is 15.9. The van der Waals surface area contributed by atoms with Crippen LogP contribution in [0.2, 0.25) is 0 Å². The van der Waals surface area contributed by atoms with E-state index in [1.54, 1.807) is 0 Å². The molecule has 0 N–H and O–H groups in total. The van der Waals surface area contributed by atoms with Crippen molar-refractivity contribution in [3.63, 3.8) is 0 Å². The third-order valence-electron chi connectivity index (χ3n) is 9.76. The molecule has 0 spiro atoms. The zero-order chi connectivity index (χ0) is 31.4. The van der Waals surface area contributed by atoms with Crippen LogP contribution in [-0.2, 0) is 5.41 Å². The Morgan fingerprint density at radius 2 is 1.11 bits per heavy atom. The van der Waals surface area contributed by atoms with Crippen molar-refractivity contribution >= 4 is 21.7 Å². The van der Waals surface area contributed by atoms with Crippen LogP contribution in [-0.4, -0.2) is 4.98 Å². The molecule has 9 rings (SSSR count). The third-order valence-corrected chi connectivity index (χ3v) is 9.76. The van der Waals surface area contributed by atoms with E-state index in [1.165, 1.54) is 38.8 Å². The van der Waals surface area contributed by atoms with Gasteiger partial charge in [0.15, 0.2) is 0 Å². The Bertz CT molecular complexity index is 2470. The van der Waals surface area contributed by atoms with Gasteiger partial charge in [-0.3, -0.25) is 0 Å². The molecule has 0 saturated carbocycles. The molecule has 0 radical (unpaired) electrons. The Kier molecular flexibility index (Phi) is 6.13. The Balaban J connectivity index is 1.37. The molecule has 2 nitrogen and oxygen atoms in total. The standard InChI is InChI=1S/C45H28N2/c46-29-30-22-24-31(25-23-30)32-12-11-13-33(26-32)44-40-27-39-36-18-7-9-20-41(36)45(34-14-3-1-4-15-34,35-16-5-2-6-17-35)42(39)28-38(40)37-19-8-10-21-43(37)47-44/h1-28H. The zero-order valence-electron chi connectivity index (χ0n) is 25.6. The topological polar surface area (TPSA) is 36.7 Å². The lowest BCUT2D eigenvalue weighted by molar-refractivity contribution is 0.769. The fourth-order valence-corrected chi connectivity index (χ4v) is 7.69. The van der Waals surface area contributed by atoms with Gasteiger partial charge in [0.1, 0.15) is 0 Å². The number of nitriles is 1. The highest BCUT2D eigenvalue weighted by Crippen LogP contribution is 2.57. The van der Waals surface area contributed by atoms with Crippen LogP contribution in [0.3, 0.4) is 0 Å². The molecule has 2 heteroatoms. The fraction of sp³-hybridized carbons (Fsp3) is 0.0222. The lowest BCUT2D eigenvalue weighted by Crippen LogP contribution is -2.28. The molecule has 1 aliphatic rings. The van der Waals surface area contributed by atoms with Crippen LogP contribution >= 0.6 is 0 Å². The van der Waals surface area contributed by atoms with Crippen LogP contribution < -0.4 is 0 Å². The average Bonchev–Trinajstić information content (AvgIpc) is 3.44. The molecule has 0 saturated heterocycles. The third kappa shape index (κ3) is 4.07. The predicted octanol–water partition coefficient (Wildman–Crippen LogP) is 11.0. The summed E-state index contributed by atoms with van der Waals surface area (Å²) in [7, 11) is 0. The maximum absolute atomic E-state index is 9.31. The van der Waals surface area contributed by atoms with E-state index in [-0.39, 0.29) is 0 Å². The molecule has 8 aromatic rings. The Morgan fingerprint density at radius 1 is 0.447 bits per heavy atom. The van der Waals surface area contributed by atoms with Gasteiger partial charge in [0.05, 0.1) is 28.3 Å². The molecule has 0 amide bonds. The minimum absolute atomic E-state index is 0.470. The summed E-state index contributed by atoms with van der Waals surface area (Å²) in [4.78, 5) is 5.33. The molecule has 218 valence electrons. The summed E-state index contributed by atoms with van der Waals surface area (Å²) in [6, 6.07) is 62.7. The number of para-hydroxylation sites is 1. The van der Waals surface area contributed by atoms with E-state index in [2.05, 4.69) is 152 Å². The highest BCUT2D eigenvalue weighted by atomic mass is 14.7. The Hall–Kier alpha value is -6.30. The summed E-state index contributed by atoms with van der Waals surface area (Å²) in [5.74, 6) is 0. The normalized spacial score (nSPS) is 12.8. The van der Waals surface area contributed by atoms with Gasteiger partial charge < -0.3 is 0 Å². The van der Waals surface area contributed by atoms with E-state index in [0.717, 1.165) is 38.7 Å². The molecule has 0 fully saturated rings. The van der Waals surface area contributed by atoms with Gasteiger partial charge in [0.2, 0.25) is 0 Å². The molecule has 1 aromatic heterocycles. The van der Waals surface area contributed by atoms with E-state index >= 15 is 0 Å². The number of nitrogens with zero attached hydrogens (tertiary/aromatic N) is 2. The van der Waals surface area contributed by atoms with Crippen LogP contribution in [0.15, 0.2) is 170 Å². The lowest BCUT2D eigenvalue weighted by Gasteiger charge is -2.34. The molecule has 1 aliphatic carbocycles. The van der Waals surface area contributed by atoms with Gasteiger partial charge in [-0.2, -0.15) is 5.26 Å². The SMILES string of the molecule is N#Cc1ccc(-c2cccc(-c3nc4ccccc4c4cc5c(cc34)-c3ccccc3C5(c3ccccc3)c3ccccc3)c2)cc1. The maximum Gasteiger partial charge on any atom is 0.0991 e. The van der Waals surface area contributed by atoms with Crippen LogP contribution in [0, 0.1) is 11.3 Å². The predicted molar refractivity (Wildman–Crippen MR) is 192 cm³/mol. The summed E-state index contributed by atoms with van der Waals surface area (Å²) in [5.41, 5.74) is 12.9. The number of fused-ring (bicyclic) bond motifs is 6. The van der Waals surface area contributed by atoms with E-state index < -0.39 is 5.41 Å². The number of rotatable bonds is 4. The Labute approximate surface area is 273 Å². The molecule has 0 atom stereocenters. The average molecular weight is 597 g/mol. The van der Waals surface area contributed by atoms with Gasteiger partial charge in [-0.05, 0) is 86.3 Å². The monoisotopic (exact) mass is 596 g/mol. The first-order valence-corrected chi connectivity index (χ1v) is 15.9. The van der Waals surface area contributed by atoms with E-state index in [9.17, 15) is 5.26 Å². The van der Waals surface area contributed by atoms with Crippen molar-refractivity contribution in [3.8, 4) is 39.6 Å². The summed E-state index contributed by atoms with van der Waals surface area (Å²) in [6.45, 7) is 0. The van der Waals surface area contributed by atoms with Crippen molar-refractivity contribution in [2.45, 2.75) is 5.41 Å². The van der Waals surface area contributed by atoms with Gasteiger partial charge >= 0.3 is 0 Å².